The highest BCUT2D eigenvalue weighted by molar-refractivity contribution is 7.19. The van der Waals surface area contributed by atoms with Gasteiger partial charge in [0.15, 0.2) is 0 Å². The van der Waals surface area contributed by atoms with Gasteiger partial charge in [0, 0.05) is 18.8 Å². The lowest BCUT2D eigenvalue weighted by molar-refractivity contribution is 0.0954. The molecular weight excluding hydrogens is 473 g/mol. The number of halogens is 2. The quantitative estimate of drug-likeness (QED) is 0.446. The maximum Gasteiger partial charge on any atom is 0.336 e. The van der Waals surface area contributed by atoms with Crippen molar-refractivity contribution in [3.63, 3.8) is 0 Å². The van der Waals surface area contributed by atoms with Gasteiger partial charge in [-0.05, 0) is 35.4 Å². The van der Waals surface area contributed by atoms with E-state index in [0.29, 0.717) is 31.9 Å². The molecule has 0 aliphatic carbocycles. The number of aromatic nitrogens is 2. The smallest absolute Gasteiger partial charge is 0.336 e. The van der Waals surface area contributed by atoms with Crippen LogP contribution in [0.3, 0.4) is 0 Å². The minimum atomic E-state index is -0.538. The fraction of sp³-hybridized carbons (Fsp3) is 0.136. The third-order valence-corrected chi connectivity index (χ3v) is 6.58. The summed E-state index contributed by atoms with van der Waals surface area (Å²) in [7, 11) is 1.59. The number of hydrogen-bond acceptors (Lipinski definition) is 5. The van der Waals surface area contributed by atoms with Crippen LogP contribution in [-0.4, -0.2) is 22.0 Å². The lowest BCUT2D eigenvalue weighted by atomic mass is 10.2. The van der Waals surface area contributed by atoms with Crippen molar-refractivity contribution < 1.29 is 9.53 Å². The second-order valence-corrected chi connectivity index (χ2v) is 8.81. The van der Waals surface area contributed by atoms with Crippen molar-refractivity contribution in [3.05, 3.63) is 102 Å². The summed E-state index contributed by atoms with van der Waals surface area (Å²) in [5.74, 6) is 0.393. The molecular formula is C22H17Cl2N3O4S. The standard InChI is InChI=1S/C22H17Cl2N3O4S/c1-31-15-5-2-13(3-6-15)10-25-21(29)18-12-27-20(32-18)9-19(28)26(22(27)30)11-14-4-7-16(23)17(24)8-14/h2-9,12H,10-11H2,1H3,(H,25,29). The van der Waals surface area contributed by atoms with Gasteiger partial charge in [0.2, 0.25) is 0 Å². The molecule has 0 fully saturated rings. The van der Waals surface area contributed by atoms with Crippen molar-refractivity contribution in [1.82, 2.24) is 14.3 Å². The Hall–Kier alpha value is -3.07. The normalized spacial score (nSPS) is 11.0. The van der Waals surface area contributed by atoms with Crippen LogP contribution in [-0.2, 0) is 13.1 Å². The van der Waals surface area contributed by atoms with Crippen LogP contribution >= 0.6 is 34.5 Å². The largest absolute Gasteiger partial charge is 0.497 e. The van der Waals surface area contributed by atoms with E-state index >= 15 is 0 Å². The molecule has 7 nitrogen and oxygen atoms in total. The molecule has 1 N–H and O–H groups in total. The monoisotopic (exact) mass is 489 g/mol. The molecule has 2 aromatic carbocycles. The first-order chi connectivity index (χ1) is 15.4. The van der Waals surface area contributed by atoms with Crippen molar-refractivity contribution in [2.45, 2.75) is 13.1 Å². The van der Waals surface area contributed by atoms with E-state index in [0.717, 1.165) is 27.2 Å². The number of amides is 1. The van der Waals surface area contributed by atoms with Crippen molar-refractivity contribution in [2.75, 3.05) is 7.11 Å². The highest BCUT2D eigenvalue weighted by Crippen LogP contribution is 2.23. The van der Waals surface area contributed by atoms with E-state index in [4.69, 9.17) is 27.9 Å². The molecule has 0 saturated carbocycles. The van der Waals surface area contributed by atoms with Gasteiger partial charge < -0.3 is 10.1 Å². The first-order valence-electron chi connectivity index (χ1n) is 9.47. The Morgan fingerprint density at radius 3 is 2.44 bits per heavy atom. The Labute approximate surface area is 196 Å². The van der Waals surface area contributed by atoms with Gasteiger partial charge in [-0.3, -0.25) is 18.6 Å². The van der Waals surface area contributed by atoms with Crippen LogP contribution in [0.4, 0.5) is 0 Å². The number of benzene rings is 2. The number of carbonyl (C=O) groups excluding carboxylic acids is 1. The molecule has 1 amide bonds. The number of nitrogens with one attached hydrogen (secondary N) is 1. The summed E-state index contributed by atoms with van der Waals surface area (Å²) in [6, 6.07) is 13.6. The number of rotatable bonds is 6. The van der Waals surface area contributed by atoms with E-state index in [1.165, 1.54) is 16.7 Å². The van der Waals surface area contributed by atoms with Crippen LogP contribution in [0, 0.1) is 0 Å². The number of nitrogens with zero attached hydrogens (tertiary/aromatic N) is 2. The number of carbonyl (C=O) groups is 1. The van der Waals surface area contributed by atoms with Crippen LogP contribution < -0.4 is 21.3 Å². The van der Waals surface area contributed by atoms with E-state index in [-0.39, 0.29) is 12.5 Å². The molecule has 0 radical (unpaired) electrons. The molecule has 0 saturated heterocycles. The average Bonchev–Trinajstić information content (AvgIpc) is 3.22. The van der Waals surface area contributed by atoms with Crippen molar-refractivity contribution in [3.8, 4) is 5.75 Å². The second-order valence-electron chi connectivity index (χ2n) is 6.93. The van der Waals surface area contributed by atoms with E-state index in [1.807, 2.05) is 24.3 Å². The molecule has 2 aromatic heterocycles. The molecule has 0 aliphatic heterocycles. The van der Waals surface area contributed by atoms with Gasteiger partial charge in [0.05, 0.1) is 23.7 Å². The van der Waals surface area contributed by atoms with Gasteiger partial charge in [-0.15, -0.1) is 11.3 Å². The summed E-state index contributed by atoms with van der Waals surface area (Å²) >= 11 is 13.0. The zero-order valence-corrected chi connectivity index (χ0v) is 19.1. The lowest BCUT2D eigenvalue weighted by Crippen LogP contribution is -2.36. The fourth-order valence-corrected chi connectivity index (χ4v) is 4.37. The van der Waals surface area contributed by atoms with Gasteiger partial charge in [-0.25, -0.2) is 4.79 Å². The Kier molecular flexibility index (Phi) is 6.36. The van der Waals surface area contributed by atoms with Crippen molar-refractivity contribution >= 4 is 45.3 Å². The number of thiazole rings is 1. The maximum atomic E-state index is 12.9. The van der Waals surface area contributed by atoms with Gasteiger partial charge in [0.25, 0.3) is 11.5 Å². The molecule has 4 rings (SSSR count). The zero-order valence-electron chi connectivity index (χ0n) is 16.8. The van der Waals surface area contributed by atoms with E-state index < -0.39 is 11.2 Å². The van der Waals surface area contributed by atoms with Crippen LogP contribution in [0.25, 0.3) is 4.83 Å². The highest BCUT2D eigenvalue weighted by atomic mass is 35.5. The van der Waals surface area contributed by atoms with E-state index in [9.17, 15) is 14.4 Å². The van der Waals surface area contributed by atoms with Gasteiger partial charge in [-0.2, -0.15) is 0 Å². The minimum absolute atomic E-state index is 0.0341. The minimum Gasteiger partial charge on any atom is -0.497 e. The zero-order chi connectivity index (χ0) is 22.8. The van der Waals surface area contributed by atoms with Crippen LogP contribution in [0.2, 0.25) is 10.0 Å². The summed E-state index contributed by atoms with van der Waals surface area (Å²) in [5.41, 5.74) is 0.558. The molecule has 2 heterocycles. The van der Waals surface area contributed by atoms with E-state index in [2.05, 4.69) is 5.32 Å². The van der Waals surface area contributed by atoms with E-state index in [1.54, 1.807) is 25.3 Å². The molecule has 0 spiro atoms. The number of ether oxygens (including phenoxy) is 1. The summed E-state index contributed by atoms with van der Waals surface area (Å²) < 4.78 is 7.50. The van der Waals surface area contributed by atoms with Crippen LogP contribution in [0.5, 0.6) is 5.75 Å². The van der Waals surface area contributed by atoms with Crippen LogP contribution in [0.15, 0.2) is 64.3 Å². The predicted molar refractivity (Wildman–Crippen MR) is 126 cm³/mol. The summed E-state index contributed by atoms with van der Waals surface area (Å²) in [6.07, 6.45) is 1.44. The number of fused-ring (bicyclic) bond motifs is 1. The average molecular weight is 490 g/mol. The first-order valence-corrected chi connectivity index (χ1v) is 11.0. The molecule has 0 unspecified atom stereocenters. The molecule has 32 heavy (non-hydrogen) atoms. The van der Waals surface area contributed by atoms with Gasteiger partial charge in [0.1, 0.15) is 15.5 Å². The van der Waals surface area contributed by atoms with Crippen molar-refractivity contribution in [1.29, 1.82) is 0 Å². The second kappa shape index (κ2) is 9.20. The summed E-state index contributed by atoms with van der Waals surface area (Å²) in [4.78, 5) is 38.8. The predicted octanol–water partition coefficient (Wildman–Crippen LogP) is 3.82. The third kappa shape index (κ3) is 4.57. The molecule has 10 heteroatoms. The molecule has 0 atom stereocenters. The number of hydrogen-bond donors (Lipinski definition) is 1. The Morgan fingerprint density at radius 1 is 1.03 bits per heavy atom. The Balaban J connectivity index is 1.57. The molecule has 0 aliphatic rings. The molecule has 164 valence electrons. The number of methoxy groups -OCH3 is 1. The lowest BCUT2D eigenvalue weighted by Gasteiger charge is -2.06. The Bertz CT molecular complexity index is 1420. The topological polar surface area (TPSA) is 81.8 Å². The van der Waals surface area contributed by atoms with Crippen LogP contribution in [0.1, 0.15) is 20.8 Å². The SMILES string of the molecule is COc1ccc(CNC(=O)c2cn3c(=O)n(Cc4ccc(Cl)c(Cl)c4)c(=O)cc3s2)cc1. The highest BCUT2D eigenvalue weighted by Gasteiger charge is 2.15. The van der Waals surface area contributed by atoms with Crippen molar-refractivity contribution in [2.24, 2.45) is 0 Å². The van der Waals surface area contributed by atoms with Gasteiger partial charge >= 0.3 is 5.69 Å². The molecule has 0 bridgehead atoms. The van der Waals surface area contributed by atoms with Gasteiger partial charge in [-0.1, -0.05) is 41.4 Å². The third-order valence-electron chi connectivity index (χ3n) is 4.81. The Morgan fingerprint density at radius 2 is 1.75 bits per heavy atom. The maximum absolute atomic E-state index is 12.9. The fourth-order valence-electron chi connectivity index (χ4n) is 3.11. The first kappa shape index (κ1) is 22.1. The summed E-state index contributed by atoms with van der Waals surface area (Å²) in [6.45, 7) is 0.350. The summed E-state index contributed by atoms with van der Waals surface area (Å²) in [5, 5.41) is 3.54. The molecule has 4 aromatic rings.